The predicted molar refractivity (Wildman–Crippen MR) is 112 cm³/mol. The number of hydrogen-bond donors (Lipinski definition) is 1. The Morgan fingerprint density at radius 3 is 2.79 bits per heavy atom. The monoisotopic (exact) mass is 403 g/mol. The number of aromatic amines is 1. The molecule has 0 spiro atoms. The van der Waals surface area contributed by atoms with Crippen LogP contribution in [0.4, 0.5) is 0 Å². The van der Waals surface area contributed by atoms with Crippen LogP contribution in [0.5, 0.6) is 0 Å². The van der Waals surface area contributed by atoms with E-state index >= 15 is 0 Å². The molecule has 1 aromatic carbocycles. The third-order valence-corrected chi connectivity index (χ3v) is 5.23. The fraction of sp³-hybridized carbons (Fsp3) is 0.143. The van der Waals surface area contributed by atoms with Gasteiger partial charge in [0.25, 0.3) is 0 Å². The van der Waals surface area contributed by atoms with Crippen LogP contribution in [0.1, 0.15) is 11.4 Å². The van der Waals surface area contributed by atoms with Gasteiger partial charge >= 0.3 is 0 Å². The van der Waals surface area contributed by atoms with E-state index in [0.717, 1.165) is 57.5 Å². The minimum Gasteiger partial charge on any atom is -0.340 e. The number of nitrogens with zero attached hydrogens (tertiary/aromatic N) is 6. The average Bonchev–Trinajstić information content (AvgIpc) is 3.45. The molecule has 0 aliphatic rings. The number of halogens is 1. The van der Waals surface area contributed by atoms with Crippen molar-refractivity contribution in [1.82, 2.24) is 34.3 Å². The minimum absolute atomic E-state index is 0.745. The first kappa shape index (κ1) is 17.6. The molecule has 0 atom stereocenters. The van der Waals surface area contributed by atoms with Gasteiger partial charge in [0.05, 0.1) is 11.4 Å². The Morgan fingerprint density at radius 2 is 1.97 bits per heavy atom. The van der Waals surface area contributed by atoms with Gasteiger partial charge in [-0.05, 0) is 36.2 Å². The molecule has 0 unspecified atom stereocenters. The highest BCUT2D eigenvalue weighted by Gasteiger charge is 2.17. The SMILES string of the molecule is Cn1ccc(-c2[nH]c(CCc3ccccc3Cl)nc2-c2ccc3ncnn3c2)n1. The van der Waals surface area contributed by atoms with Crippen molar-refractivity contribution < 1.29 is 0 Å². The number of pyridine rings is 1. The second-order valence-corrected chi connectivity index (χ2v) is 7.26. The third-order valence-electron chi connectivity index (χ3n) is 4.86. The van der Waals surface area contributed by atoms with Crippen LogP contribution in [0.3, 0.4) is 0 Å². The lowest BCUT2D eigenvalue weighted by Crippen LogP contribution is -1.94. The van der Waals surface area contributed by atoms with Crippen molar-refractivity contribution in [2.75, 3.05) is 0 Å². The standard InChI is InChI=1S/C21H18ClN7/c1-28-11-10-17(27-28)21-20(15-7-9-19-23-13-24-29(19)12-15)25-18(26-21)8-6-14-4-2-3-5-16(14)22/h2-5,7,9-13H,6,8H2,1H3,(H,25,26). The molecule has 4 aromatic heterocycles. The number of nitrogens with one attached hydrogen (secondary N) is 1. The molecule has 5 aromatic rings. The van der Waals surface area contributed by atoms with Crippen molar-refractivity contribution >= 4 is 17.2 Å². The quantitative estimate of drug-likeness (QED) is 0.482. The Balaban J connectivity index is 1.54. The summed E-state index contributed by atoms with van der Waals surface area (Å²) in [4.78, 5) is 12.6. The van der Waals surface area contributed by atoms with Gasteiger partial charge in [-0.2, -0.15) is 10.2 Å². The molecule has 0 amide bonds. The molecule has 8 heteroatoms. The van der Waals surface area contributed by atoms with E-state index in [4.69, 9.17) is 16.6 Å². The van der Waals surface area contributed by atoms with Gasteiger partial charge in [-0.15, -0.1) is 0 Å². The van der Waals surface area contributed by atoms with E-state index < -0.39 is 0 Å². The van der Waals surface area contributed by atoms with Crippen LogP contribution in [0, 0.1) is 0 Å². The van der Waals surface area contributed by atoms with Crippen LogP contribution in [0.15, 0.2) is 61.2 Å². The largest absolute Gasteiger partial charge is 0.340 e. The molecule has 0 saturated carbocycles. The number of benzene rings is 1. The summed E-state index contributed by atoms with van der Waals surface area (Å²) in [6, 6.07) is 13.8. The van der Waals surface area contributed by atoms with Crippen LogP contribution in [0.25, 0.3) is 28.3 Å². The Bertz CT molecular complexity index is 1300. The highest BCUT2D eigenvalue weighted by atomic mass is 35.5. The lowest BCUT2D eigenvalue weighted by atomic mass is 10.1. The molecule has 0 aliphatic heterocycles. The second-order valence-electron chi connectivity index (χ2n) is 6.85. The fourth-order valence-corrected chi connectivity index (χ4v) is 3.62. The van der Waals surface area contributed by atoms with Crippen molar-refractivity contribution in [2.45, 2.75) is 12.8 Å². The van der Waals surface area contributed by atoms with Crippen molar-refractivity contribution in [3.05, 3.63) is 77.6 Å². The zero-order chi connectivity index (χ0) is 19.8. The number of aryl methyl sites for hydroxylation is 3. The number of aromatic nitrogens is 7. The predicted octanol–water partition coefficient (Wildman–Crippen LogP) is 3.96. The summed E-state index contributed by atoms with van der Waals surface area (Å²) in [6.07, 6.45) is 6.94. The Morgan fingerprint density at radius 1 is 1.07 bits per heavy atom. The number of hydrogen-bond acceptors (Lipinski definition) is 4. The first-order chi connectivity index (χ1) is 14.2. The van der Waals surface area contributed by atoms with Gasteiger partial charge in [0.15, 0.2) is 5.65 Å². The van der Waals surface area contributed by atoms with Gasteiger partial charge in [0.2, 0.25) is 0 Å². The summed E-state index contributed by atoms with van der Waals surface area (Å²) in [5.74, 6) is 0.888. The zero-order valence-corrected chi connectivity index (χ0v) is 16.5. The van der Waals surface area contributed by atoms with Gasteiger partial charge in [-0.25, -0.2) is 14.5 Å². The van der Waals surface area contributed by atoms with Crippen molar-refractivity contribution in [2.24, 2.45) is 7.05 Å². The summed E-state index contributed by atoms with van der Waals surface area (Å²) in [5.41, 5.74) is 5.43. The average molecular weight is 404 g/mol. The van der Waals surface area contributed by atoms with Crippen molar-refractivity contribution in [3.8, 4) is 22.6 Å². The Hall–Kier alpha value is -3.45. The maximum absolute atomic E-state index is 6.31. The minimum atomic E-state index is 0.745. The first-order valence-electron chi connectivity index (χ1n) is 9.29. The molecule has 0 saturated heterocycles. The summed E-state index contributed by atoms with van der Waals surface area (Å²) in [6.45, 7) is 0. The van der Waals surface area contributed by atoms with Crippen molar-refractivity contribution in [1.29, 1.82) is 0 Å². The van der Waals surface area contributed by atoms with Crippen LogP contribution in [-0.4, -0.2) is 34.3 Å². The summed E-state index contributed by atoms with van der Waals surface area (Å²) in [5, 5.41) is 9.57. The summed E-state index contributed by atoms with van der Waals surface area (Å²) in [7, 11) is 1.90. The van der Waals surface area contributed by atoms with Crippen LogP contribution in [0.2, 0.25) is 5.02 Å². The van der Waals surface area contributed by atoms with Gasteiger partial charge in [0.1, 0.15) is 17.8 Å². The molecule has 7 nitrogen and oxygen atoms in total. The lowest BCUT2D eigenvalue weighted by molar-refractivity contribution is 0.770. The molecule has 0 aliphatic carbocycles. The van der Waals surface area contributed by atoms with E-state index in [9.17, 15) is 0 Å². The summed E-state index contributed by atoms with van der Waals surface area (Å²) >= 11 is 6.31. The summed E-state index contributed by atoms with van der Waals surface area (Å²) < 4.78 is 3.53. The smallest absolute Gasteiger partial charge is 0.155 e. The van der Waals surface area contributed by atoms with E-state index in [1.54, 1.807) is 15.5 Å². The fourth-order valence-electron chi connectivity index (χ4n) is 3.39. The lowest BCUT2D eigenvalue weighted by Gasteiger charge is -2.02. The molecule has 29 heavy (non-hydrogen) atoms. The van der Waals surface area contributed by atoms with E-state index in [0.29, 0.717) is 0 Å². The van der Waals surface area contributed by atoms with E-state index in [-0.39, 0.29) is 0 Å². The highest BCUT2D eigenvalue weighted by molar-refractivity contribution is 6.31. The number of rotatable bonds is 5. The number of H-pyrrole nitrogens is 1. The zero-order valence-electron chi connectivity index (χ0n) is 15.7. The normalized spacial score (nSPS) is 11.4. The molecule has 4 heterocycles. The van der Waals surface area contributed by atoms with Crippen LogP contribution in [-0.2, 0) is 19.9 Å². The molecular formula is C21H18ClN7. The van der Waals surface area contributed by atoms with E-state index in [2.05, 4.69) is 20.2 Å². The van der Waals surface area contributed by atoms with Gasteiger partial charge in [-0.3, -0.25) is 4.68 Å². The molecule has 5 rings (SSSR count). The number of imidazole rings is 1. The van der Waals surface area contributed by atoms with Gasteiger partial charge < -0.3 is 4.98 Å². The maximum atomic E-state index is 6.31. The maximum Gasteiger partial charge on any atom is 0.155 e. The van der Waals surface area contributed by atoms with Gasteiger partial charge in [0, 0.05) is 36.4 Å². The molecule has 1 N–H and O–H groups in total. The van der Waals surface area contributed by atoms with E-state index in [1.165, 1.54) is 0 Å². The van der Waals surface area contributed by atoms with E-state index in [1.807, 2.05) is 61.9 Å². The molecule has 0 bridgehead atoms. The van der Waals surface area contributed by atoms with Crippen LogP contribution >= 0.6 is 11.6 Å². The molecular weight excluding hydrogens is 386 g/mol. The van der Waals surface area contributed by atoms with Gasteiger partial charge in [-0.1, -0.05) is 29.8 Å². The van der Waals surface area contributed by atoms with Crippen LogP contribution < -0.4 is 0 Å². The van der Waals surface area contributed by atoms with Crippen molar-refractivity contribution in [3.63, 3.8) is 0 Å². The second kappa shape index (κ2) is 7.18. The molecule has 144 valence electrons. The highest BCUT2D eigenvalue weighted by Crippen LogP contribution is 2.30. The first-order valence-corrected chi connectivity index (χ1v) is 9.67. The molecule has 0 fully saturated rings. The number of fused-ring (bicyclic) bond motifs is 1. The Kier molecular flexibility index (Phi) is 4.37. The topological polar surface area (TPSA) is 76.7 Å². The Labute approximate surface area is 172 Å². The third kappa shape index (κ3) is 3.40. The molecule has 0 radical (unpaired) electrons.